The molecule has 8 heterocycles. The zero-order valence-electron chi connectivity index (χ0n) is 36.2. The van der Waals surface area contributed by atoms with Gasteiger partial charge < -0.3 is 28.7 Å². The number of hydrogen-bond donors (Lipinski definition) is 1. The van der Waals surface area contributed by atoms with Gasteiger partial charge in [0.2, 0.25) is 11.8 Å². The summed E-state index contributed by atoms with van der Waals surface area (Å²) in [5.74, 6) is 0.898. The van der Waals surface area contributed by atoms with Gasteiger partial charge in [-0.15, -0.1) is 0 Å². The Balaban J connectivity index is 0.852. The van der Waals surface area contributed by atoms with Crippen LogP contribution in [0.4, 0.5) is 40.8 Å². The predicted octanol–water partition coefficient (Wildman–Crippen LogP) is 7.27. The first-order valence-electron chi connectivity index (χ1n) is 22.5. The highest BCUT2D eigenvalue weighted by Crippen LogP contribution is 2.45. The maximum atomic E-state index is 15.8. The summed E-state index contributed by atoms with van der Waals surface area (Å²) < 4.78 is 55.9. The lowest BCUT2D eigenvalue weighted by Gasteiger charge is -2.39. The van der Waals surface area contributed by atoms with Crippen LogP contribution in [0.25, 0.3) is 16.8 Å². The highest BCUT2D eigenvalue weighted by atomic mass is 19.3. The molecule has 0 bridgehead atoms. The fourth-order valence-electron chi connectivity index (χ4n) is 10.6. The van der Waals surface area contributed by atoms with Crippen LogP contribution in [0.1, 0.15) is 80.3 Å². The number of rotatable bonds is 9. The van der Waals surface area contributed by atoms with Crippen molar-refractivity contribution in [3.63, 3.8) is 0 Å². The zero-order chi connectivity index (χ0) is 44.2. The SMILES string of the molecule is COc1cn2ccnc2cc1-c1cc2c(cc1C(F)F)N(c1nn(C3CCN(CC4CCN(c5cccc(N6CCC(=O)NC6=O)c5F)CC4)CC3)c3c1CN(C(C)=O)CC3)CCC2. The summed E-state index contributed by atoms with van der Waals surface area (Å²) in [4.78, 5) is 51.1. The number of likely N-dealkylation sites (tertiary alicyclic amines) is 1. The van der Waals surface area contributed by atoms with E-state index in [-0.39, 0.29) is 42.1 Å². The number of aryl methyl sites for hydroxylation is 1. The van der Waals surface area contributed by atoms with Crippen molar-refractivity contribution in [2.24, 2.45) is 5.92 Å². The molecule has 10 rings (SSSR count). The summed E-state index contributed by atoms with van der Waals surface area (Å²) >= 11 is 0. The number of benzene rings is 2. The summed E-state index contributed by atoms with van der Waals surface area (Å²) in [7, 11) is 1.54. The number of urea groups is 1. The van der Waals surface area contributed by atoms with Gasteiger partial charge in [0.25, 0.3) is 6.43 Å². The van der Waals surface area contributed by atoms with Crippen molar-refractivity contribution in [2.45, 2.75) is 77.3 Å². The average molecular weight is 879 g/mol. The van der Waals surface area contributed by atoms with E-state index >= 15 is 13.2 Å². The zero-order valence-corrected chi connectivity index (χ0v) is 36.2. The number of hydrogen-bond acceptors (Lipinski definition) is 9. The maximum absolute atomic E-state index is 15.8. The van der Waals surface area contributed by atoms with Gasteiger partial charge in [0.05, 0.1) is 37.3 Å². The Bertz CT molecular complexity index is 2610. The second kappa shape index (κ2) is 17.1. The topological polar surface area (TPSA) is 124 Å². The van der Waals surface area contributed by atoms with Crippen molar-refractivity contribution in [1.29, 1.82) is 0 Å². The lowest BCUT2D eigenvalue weighted by Crippen LogP contribution is -2.50. The van der Waals surface area contributed by atoms with Crippen molar-refractivity contribution < 1.29 is 32.3 Å². The minimum absolute atomic E-state index is 0.000518. The minimum Gasteiger partial charge on any atom is -0.495 e. The molecule has 5 aliphatic heterocycles. The first-order valence-corrected chi connectivity index (χ1v) is 22.5. The van der Waals surface area contributed by atoms with Gasteiger partial charge in [0.15, 0.2) is 11.6 Å². The Morgan fingerprint density at radius 1 is 0.906 bits per heavy atom. The number of nitrogens with one attached hydrogen (secondary N) is 1. The fraction of sp³-hybridized carbons (Fsp3) is 0.468. The fourth-order valence-corrected chi connectivity index (χ4v) is 10.6. The van der Waals surface area contributed by atoms with Crippen LogP contribution in [0.15, 0.2) is 55.0 Å². The largest absolute Gasteiger partial charge is 0.495 e. The van der Waals surface area contributed by atoms with Gasteiger partial charge in [-0.1, -0.05) is 6.07 Å². The van der Waals surface area contributed by atoms with Gasteiger partial charge in [-0.2, -0.15) is 5.10 Å². The molecule has 1 N–H and O–H groups in total. The first kappa shape index (κ1) is 41.9. The molecular formula is C47H53F3N10O4. The van der Waals surface area contributed by atoms with Gasteiger partial charge in [0.1, 0.15) is 11.4 Å². The first-order chi connectivity index (χ1) is 31.0. The van der Waals surface area contributed by atoms with Gasteiger partial charge in [0, 0.05) is 113 Å². The maximum Gasteiger partial charge on any atom is 0.328 e. The lowest BCUT2D eigenvalue weighted by atomic mass is 9.91. The lowest BCUT2D eigenvalue weighted by molar-refractivity contribution is -0.129. The molecule has 0 atom stereocenters. The second-order valence-corrected chi connectivity index (χ2v) is 17.8. The predicted molar refractivity (Wildman–Crippen MR) is 236 cm³/mol. The summed E-state index contributed by atoms with van der Waals surface area (Å²) in [6.45, 7) is 7.58. The molecule has 3 saturated heterocycles. The number of carbonyl (C=O) groups is 3. The minimum atomic E-state index is -2.74. The van der Waals surface area contributed by atoms with E-state index in [0.717, 1.165) is 86.5 Å². The molecule has 2 aromatic carbocycles. The smallest absolute Gasteiger partial charge is 0.328 e. The van der Waals surface area contributed by atoms with E-state index in [2.05, 4.69) is 29.7 Å². The van der Waals surface area contributed by atoms with Crippen LogP contribution in [0.2, 0.25) is 0 Å². The number of ether oxygens (including phenoxy) is 1. The Kier molecular flexibility index (Phi) is 11.2. The molecule has 0 unspecified atom stereocenters. The highest BCUT2D eigenvalue weighted by Gasteiger charge is 2.36. The number of pyridine rings is 1. The van der Waals surface area contributed by atoms with Gasteiger partial charge >= 0.3 is 6.03 Å². The number of anilines is 4. The summed E-state index contributed by atoms with van der Waals surface area (Å²) in [5.41, 5.74) is 6.01. The molecule has 0 radical (unpaired) electrons. The number of imidazole rings is 1. The molecule has 14 nitrogen and oxygen atoms in total. The highest BCUT2D eigenvalue weighted by molar-refractivity contribution is 6.05. The number of methoxy groups -OCH3 is 1. The molecule has 3 fully saturated rings. The Morgan fingerprint density at radius 3 is 2.45 bits per heavy atom. The molecule has 0 saturated carbocycles. The molecule has 5 aromatic rings. The van der Waals surface area contributed by atoms with Crippen LogP contribution in [0.5, 0.6) is 5.75 Å². The Labute approximate surface area is 369 Å². The molecule has 3 aromatic heterocycles. The number of piperidine rings is 2. The molecule has 336 valence electrons. The summed E-state index contributed by atoms with van der Waals surface area (Å²) in [6.07, 6.45) is 8.50. The van der Waals surface area contributed by atoms with Crippen LogP contribution in [0.3, 0.4) is 0 Å². The van der Waals surface area contributed by atoms with Gasteiger partial charge in [-0.05, 0) is 85.9 Å². The van der Waals surface area contributed by atoms with Crippen molar-refractivity contribution >= 4 is 46.4 Å². The molecule has 0 aliphatic carbocycles. The number of alkyl halides is 2. The van der Waals surface area contributed by atoms with E-state index in [0.29, 0.717) is 73.3 Å². The molecule has 5 aliphatic rings. The van der Waals surface area contributed by atoms with E-state index in [4.69, 9.17) is 9.84 Å². The monoisotopic (exact) mass is 878 g/mol. The molecule has 17 heteroatoms. The molecular weight excluding hydrogens is 826 g/mol. The van der Waals surface area contributed by atoms with Crippen LogP contribution < -0.4 is 24.8 Å². The second-order valence-electron chi connectivity index (χ2n) is 17.8. The van der Waals surface area contributed by atoms with Crippen molar-refractivity contribution in [3.8, 4) is 16.9 Å². The molecule has 4 amide bonds. The van der Waals surface area contributed by atoms with Crippen LogP contribution >= 0.6 is 0 Å². The Hall–Kier alpha value is -6.10. The van der Waals surface area contributed by atoms with Crippen LogP contribution in [0, 0.1) is 11.7 Å². The van der Waals surface area contributed by atoms with E-state index < -0.39 is 18.3 Å². The van der Waals surface area contributed by atoms with E-state index in [9.17, 15) is 14.4 Å². The standard InChI is InChI=1S/C47H53F3N10O4/c1-29(61)56-20-12-37-36(27-56)46(58-15-4-5-31-23-33(35(45(49)50)24-40(31)58)34-25-42-51-14-22-57(42)28-41(34)64-2)53-60(37)32-10-16-54(17-11-32)26-30-8-18-55(19-9-30)38-6-3-7-39(44(38)48)59-21-13-43(62)52-47(59)63/h3,6-7,14,22-25,28,30,32,45H,4-5,8-13,15-21,26-27H2,1-2H3,(H,52,62,63). The molecule has 64 heavy (non-hydrogen) atoms. The van der Waals surface area contributed by atoms with Gasteiger partial charge in [-0.3, -0.25) is 24.5 Å². The van der Waals surface area contributed by atoms with Crippen LogP contribution in [-0.2, 0) is 29.0 Å². The number of aromatic nitrogens is 4. The normalized spacial score (nSPS) is 19.1. The van der Waals surface area contributed by atoms with E-state index in [1.54, 1.807) is 63.0 Å². The summed E-state index contributed by atoms with van der Waals surface area (Å²) in [5, 5.41) is 7.64. The van der Waals surface area contributed by atoms with Crippen molar-refractivity contribution in [2.75, 3.05) is 74.2 Å². The number of amides is 4. The number of halogens is 3. The third kappa shape index (κ3) is 7.70. The van der Waals surface area contributed by atoms with E-state index in [1.807, 2.05) is 15.4 Å². The third-order valence-electron chi connectivity index (χ3n) is 14.1. The Morgan fingerprint density at radius 2 is 1.70 bits per heavy atom. The third-order valence-corrected chi connectivity index (χ3v) is 14.1. The number of nitrogens with zero attached hydrogens (tertiary/aromatic N) is 9. The van der Waals surface area contributed by atoms with Crippen LogP contribution in [-0.4, -0.2) is 106 Å². The van der Waals surface area contributed by atoms with E-state index in [1.165, 1.54) is 4.90 Å². The summed E-state index contributed by atoms with van der Waals surface area (Å²) in [6, 6.07) is 10.00. The average Bonchev–Trinajstić information content (AvgIpc) is 3.93. The quantitative estimate of drug-likeness (QED) is 0.163. The number of carbonyl (C=O) groups excluding carboxylic acids is 3. The van der Waals surface area contributed by atoms with Crippen molar-refractivity contribution in [3.05, 3.63) is 83.2 Å². The number of imide groups is 1. The van der Waals surface area contributed by atoms with Gasteiger partial charge in [-0.25, -0.2) is 22.9 Å². The van der Waals surface area contributed by atoms with Crippen molar-refractivity contribution in [1.82, 2.24) is 34.3 Å². The number of fused-ring (bicyclic) bond motifs is 3. The molecule has 0 spiro atoms.